The number of urea groups is 1. The van der Waals surface area contributed by atoms with Crippen molar-refractivity contribution < 1.29 is 37.4 Å². The highest BCUT2D eigenvalue weighted by Crippen LogP contribution is 2.13. The number of nitrogens with one attached hydrogen (secondary N) is 3. The first-order valence-electron chi connectivity index (χ1n) is 8.48. The standard InChI is InChI=1S/C13H24N4O3.C2HF3O2/c1-9-11(5-6-14-9)16-12(18)15-10-4-3-7-17(8-10)13(19)20-2;3-2(4,5)1(6)7/h9-11,14H,3-8H2,1-2H3,(H2,15,16,18);(H,6,7)/t9-,10?,11+;/m1./s1. The van der Waals surface area contributed by atoms with Gasteiger partial charge in [0.15, 0.2) is 0 Å². The van der Waals surface area contributed by atoms with Gasteiger partial charge in [0.1, 0.15) is 0 Å². The number of rotatable bonds is 2. The summed E-state index contributed by atoms with van der Waals surface area (Å²) in [6.07, 6.45) is -2.69. The average molecular weight is 398 g/mol. The van der Waals surface area contributed by atoms with Gasteiger partial charge in [-0.15, -0.1) is 0 Å². The topological polar surface area (TPSA) is 120 Å². The van der Waals surface area contributed by atoms with Crippen LogP contribution in [0.15, 0.2) is 0 Å². The molecule has 2 heterocycles. The number of carbonyl (C=O) groups excluding carboxylic acids is 2. The Labute approximate surface area is 154 Å². The molecule has 12 heteroatoms. The molecule has 9 nitrogen and oxygen atoms in total. The van der Waals surface area contributed by atoms with Crippen molar-refractivity contribution in [3.8, 4) is 0 Å². The minimum atomic E-state index is -5.08. The van der Waals surface area contributed by atoms with E-state index >= 15 is 0 Å². The third-order valence-electron chi connectivity index (χ3n) is 4.27. The lowest BCUT2D eigenvalue weighted by Gasteiger charge is -2.32. The third kappa shape index (κ3) is 7.89. The number of carboxylic acid groups (broad SMARTS) is 1. The molecule has 0 spiro atoms. The molecule has 0 aromatic carbocycles. The molecule has 0 radical (unpaired) electrons. The van der Waals surface area contributed by atoms with Gasteiger partial charge < -0.3 is 30.7 Å². The molecule has 2 saturated heterocycles. The smallest absolute Gasteiger partial charge is 0.475 e. The Morgan fingerprint density at radius 3 is 2.33 bits per heavy atom. The molecule has 2 aliphatic rings. The van der Waals surface area contributed by atoms with Crippen LogP contribution in [0.4, 0.5) is 22.8 Å². The number of likely N-dealkylation sites (tertiary alicyclic amines) is 1. The van der Waals surface area contributed by atoms with E-state index in [2.05, 4.69) is 22.9 Å². The zero-order chi connectivity index (χ0) is 20.6. The zero-order valence-electron chi connectivity index (χ0n) is 15.1. The van der Waals surface area contributed by atoms with Crippen LogP contribution in [0, 0.1) is 0 Å². The van der Waals surface area contributed by atoms with Crippen LogP contribution in [-0.2, 0) is 9.53 Å². The molecule has 0 saturated carbocycles. The molecule has 0 aromatic heterocycles. The second kappa shape index (κ2) is 10.2. The highest BCUT2D eigenvalue weighted by molar-refractivity contribution is 5.75. The van der Waals surface area contributed by atoms with Crippen LogP contribution >= 0.6 is 0 Å². The van der Waals surface area contributed by atoms with Gasteiger partial charge >= 0.3 is 24.3 Å². The van der Waals surface area contributed by atoms with Crippen LogP contribution in [0.5, 0.6) is 0 Å². The van der Waals surface area contributed by atoms with E-state index in [4.69, 9.17) is 14.6 Å². The van der Waals surface area contributed by atoms with Crippen molar-refractivity contribution in [3.05, 3.63) is 0 Å². The van der Waals surface area contributed by atoms with E-state index in [9.17, 15) is 22.8 Å². The minimum Gasteiger partial charge on any atom is -0.475 e. The third-order valence-corrected chi connectivity index (χ3v) is 4.27. The molecule has 0 aliphatic carbocycles. The number of carbonyl (C=O) groups is 3. The van der Waals surface area contributed by atoms with Crippen molar-refractivity contribution in [2.75, 3.05) is 26.7 Å². The number of ether oxygens (including phenoxy) is 1. The highest BCUT2D eigenvalue weighted by Gasteiger charge is 2.38. The number of alkyl halides is 3. The fourth-order valence-corrected chi connectivity index (χ4v) is 2.84. The highest BCUT2D eigenvalue weighted by atomic mass is 19.4. The monoisotopic (exact) mass is 398 g/mol. The summed E-state index contributed by atoms with van der Waals surface area (Å²) < 4.78 is 36.5. The van der Waals surface area contributed by atoms with Gasteiger partial charge in [-0.3, -0.25) is 0 Å². The van der Waals surface area contributed by atoms with Gasteiger partial charge in [-0.2, -0.15) is 13.2 Å². The van der Waals surface area contributed by atoms with Gasteiger partial charge in [0.05, 0.1) is 7.11 Å². The molecule has 1 unspecified atom stereocenters. The molecule has 156 valence electrons. The van der Waals surface area contributed by atoms with Gasteiger partial charge in [0.25, 0.3) is 0 Å². The summed E-state index contributed by atoms with van der Waals surface area (Å²) in [5.74, 6) is -2.76. The number of halogens is 3. The van der Waals surface area contributed by atoms with Gasteiger partial charge in [-0.25, -0.2) is 14.4 Å². The lowest BCUT2D eigenvalue weighted by molar-refractivity contribution is -0.192. The Kier molecular flexibility index (Phi) is 8.60. The largest absolute Gasteiger partial charge is 0.490 e. The summed E-state index contributed by atoms with van der Waals surface area (Å²) in [7, 11) is 1.38. The van der Waals surface area contributed by atoms with Crippen LogP contribution < -0.4 is 16.0 Å². The van der Waals surface area contributed by atoms with Gasteiger partial charge in [-0.05, 0) is 32.7 Å². The maximum absolute atomic E-state index is 12.0. The lowest BCUT2D eigenvalue weighted by atomic mass is 10.1. The predicted octanol–water partition coefficient (Wildman–Crippen LogP) is 0.900. The molecular weight excluding hydrogens is 373 g/mol. The second-order valence-electron chi connectivity index (χ2n) is 6.31. The molecule has 2 aliphatic heterocycles. The van der Waals surface area contributed by atoms with Crippen molar-refractivity contribution in [2.24, 2.45) is 0 Å². The summed E-state index contributed by atoms with van der Waals surface area (Å²) in [5, 5.41) is 16.4. The minimum absolute atomic E-state index is 0.00693. The van der Waals surface area contributed by atoms with Crippen LogP contribution in [0.1, 0.15) is 26.2 Å². The molecule has 3 atom stereocenters. The molecular formula is C15H25F3N4O5. The SMILES string of the molecule is COC(=O)N1CCCC(NC(=O)N[C@H]2CCN[C@@H]2C)C1.O=C(O)C(F)(F)F. The summed E-state index contributed by atoms with van der Waals surface area (Å²) in [4.78, 5) is 34.0. The normalized spacial score (nSPS) is 25.1. The van der Waals surface area contributed by atoms with E-state index < -0.39 is 12.1 Å². The van der Waals surface area contributed by atoms with Crippen molar-refractivity contribution in [3.63, 3.8) is 0 Å². The molecule has 0 aromatic rings. The number of methoxy groups -OCH3 is 1. The number of amides is 3. The number of hydrogen-bond acceptors (Lipinski definition) is 5. The Morgan fingerprint density at radius 1 is 1.22 bits per heavy atom. The number of nitrogens with zero attached hydrogens (tertiary/aromatic N) is 1. The maximum atomic E-state index is 12.0. The average Bonchev–Trinajstić information content (AvgIpc) is 2.98. The van der Waals surface area contributed by atoms with Gasteiger partial charge in [0.2, 0.25) is 0 Å². The molecule has 3 amide bonds. The van der Waals surface area contributed by atoms with Gasteiger partial charge in [0, 0.05) is 31.2 Å². The van der Waals surface area contributed by atoms with E-state index in [1.807, 2.05) is 0 Å². The van der Waals surface area contributed by atoms with Crippen molar-refractivity contribution in [2.45, 2.75) is 50.5 Å². The number of piperidine rings is 1. The molecule has 2 fully saturated rings. The van der Waals surface area contributed by atoms with E-state index in [0.29, 0.717) is 19.1 Å². The Bertz CT molecular complexity index is 532. The van der Waals surface area contributed by atoms with Crippen molar-refractivity contribution in [1.29, 1.82) is 0 Å². The van der Waals surface area contributed by atoms with E-state index in [1.54, 1.807) is 4.90 Å². The van der Waals surface area contributed by atoms with Crippen molar-refractivity contribution in [1.82, 2.24) is 20.9 Å². The van der Waals surface area contributed by atoms with Crippen LogP contribution in [0.3, 0.4) is 0 Å². The van der Waals surface area contributed by atoms with E-state index in [0.717, 1.165) is 25.8 Å². The van der Waals surface area contributed by atoms with Crippen LogP contribution in [0.25, 0.3) is 0 Å². The Hall–Kier alpha value is -2.24. The quantitative estimate of drug-likeness (QED) is 0.549. The zero-order valence-corrected chi connectivity index (χ0v) is 15.1. The fraction of sp³-hybridized carbons (Fsp3) is 0.800. The van der Waals surface area contributed by atoms with Crippen molar-refractivity contribution >= 4 is 18.1 Å². The number of hydrogen-bond donors (Lipinski definition) is 4. The first-order valence-corrected chi connectivity index (χ1v) is 8.48. The maximum Gasteiger partial charge on any atom is 0.490 e. The van der Waals surface area contributed by atoms with E-state index in [1.165, 1.54) is 7.11 Å². The summed E-state index contributed by atoms with van der Waals surface area (Å²) in [6.45, 7) is 4.21. The molecule has 4 N–H and O–H groups in total. The Balaban J connectivity index is 0.000000445. The predicted molar refractivity (Wildman–Crippen MR) is 88.2 cm³/mol. The Morgan fingerprint density at radius 2 is 1.85 bits per heavy atom. The number of carboxylic acids is 1. The first-order chi connectivity index (χ1) is 12.5. The van der Waals surface area contributed by atoms with Crippen LogP contribution in [0.2, 0.25) is 0 Å². The fourth-order valence-electron chi connectivity index (χ4n) is 2.84. The first kappa shape index (κ1) is 22.8. The second-order valence-corrected chi connectivity index (χ2v) is 6.31. The summed E-state index contributed by atoms with van der Waals surface area (Å²) in [6, 6.07) is 0.323. The van der Waals surface area contributed by atoms with Gasteiger partial charge in [-0.1, -0.05) is 0 Å². The molecule has 27 heavy (non-hydrogen) atoms. The van der Waals surface area contributed by atoms with E-state index in [-0.39, 0.29) is 24.2 Å². The number of aliphatic carboxylic acids is 1. The lowest BCUT2D eigenvalue weighted by Crippen LogP contribution is -2.54. The van der Waals surface area contributed by atoms with Crippen LogP contribution in [-0.4, -0.2) is 79.1 Å². The summed E-state index contributed by atoms with van der Waals surface area (Å²) >= 11 is 0. The molecule has 2 rings (SSSR count). The molecule has 0 bridgehead atoms. The summed E-state index contributed by atoms with van der Waals surface area (Å²) in [5.41, 5.74) is 0.